The molecule has 0 atom stereocenters. The van der Waals surface area contributed by atoms with Gasteiger partial charge in [-0.25, -0.2) is 0 Å². The summed E-state index contributed by atoms with van der Waals surface area (Å²) >= 11 is 0. The van der Waals surface area contributed by atoms with Gasteiger partial charge in [0.2, 0.25) is 0 Å². The van der Waals surface area contributed by atoms with Crippen LogP contribution >= 0.6 is 0 Å². The average molecular weight is 409 g/mol. The van der Waals surface area contributed by atoms with Gasteiger partial charge in [-0.2, -0.15) is 0 Å². The van der Waals surface area contributed by atoms with Crippen molar-refractivity contribution < 1.29 is 0 Å². The number of hydrogen-bond acceptors (Lipinski definition) is 0. The van der Waals surface area contributed by atoms with E-state index in [4.69, 9.17) is 0 Å². The topological polar surface area (TPSA) is 0 Å². The summed E-state index contributed by atoms with van der Waals surface area (Å²) in [5, 5.41) is 0. The second kappa shape index (κ2) is 13.2. The van der Waals surface area contributed by atoms with E-state index in [1.807, 2.05) is 24.3 Å². The fourth-order valence-electron chi connectivity index (χ4n) is 2.77. The van der Waals surface area contributed by atoms with Gasteiger partial charge in [0.15, 0.2) is 0 Å². The van der Waals surface area contributed by atoms with Crippen molar-refractivity contribution in [1.82, 2.24) is 0 Å². The third-order valence-electron chi connectivity index (χ3n) is 5.13. The minimum Gasteiger partial charge on any atom is -0.0651 e. The SMILES string of the molecule is CCC(C)C.Cc1ccc(-c2ccc(-c3ccccc3)cc2)cc1.Cc1ccccc1. The van der Waals surface area contributed by atoms with Crippen LogP contribution in [0.15, 0.2) is 109 Å². The second-order valence-electron chi connectivity index (χ2n) is 8.27. The van der Waals surface area contributed by atoms with Gasteiger partial charge in [0, 0.05) is 0 Å². The lowest BCUT2D eigenvalue weighted by Gasteiger charge is -2.05. The van der Waals surface area contributed by atoms with E-state index in [1.54, 1.807) is 0 Å². The van der Waals surface area contributed by atoms with E-state index in [-0.39, 0.29) is 0 Å². The highest BCUT2D eigenvalue weighted by Gasteiger charge is 1.99. The first kappa shape index (κ1) is 24.2. The summed E-state index contributed by atoms with van der Waals surface area (Å²) in [6, 6.07) is 38.1. The van der Waals surface area contributed by atoms with Crippen LogP contribution in [-0.2, 0) is 0 Å². The molecule has 4 aromatic carbocycles. The molecule has 0 radical (unpaired) electrons. The van der Waals surface area contributed by atoms with E-state index < -0.39 is 0 Å². The van der Waals surface area contributed by atoms with Crippen LogP contribution < -0.4 is 0 Å². The molecule has 0 aliphatic carbocycles. The minimum atomic E-state index is 0.884. The zero-order chi connectivity index (χ0) is 22.5. The highest BCUT2D eigenvalue weighted by atomic mass is 14.0. The molecule has 0 bridgehead atoms. The molecule has 0 unspecified atom stereocenters. The molecule has 0 heteroatoms. The number of benzene rings is 4. The Labute approximate surface area is 189 Å². The Bertz CT molecular complexity index is 964. The zero-order valence-corrected chi connectivity index (χ0v) is 19.7. The van der Waals surface area contributed by atoms with Crippen LogP contribution in [0.1, 0.15) is 38.3 Å². The molecule has 0 heterocycles. The molecule has 160 valence electrons. The summed E-state index contributed by atoms with van der Waals surface area (Å²) in [5.41, 5.74) is 7.67. The molecule has 0 saturated carbocycles. The molecule has 0 spiro atoms. The van der Waals surface area contributed by atoms with Crippen LogP contribution in [0.4, 0.5) is 0 Å². The van der Waals surface area contributed by atoms with Crippen LogP contribution in [0.5, 0.6) is 0 Å². The van der Waals surface area contributed by atoms with Gasteiger partial charge >= 0.3 is 0 Å². The average Bonchev–Trinajstić information content (AvgIpc) is 2.82. The van der Waals surface area contributed by atoms with Crippen molar-refractivity contribution in [2.45, 2.75) is 41.0 Å². The van der Waals surface area contributed by atoms with Crippen molar-refractivity contribution in [1.29, 1.82) is 0 Å². The first-order valence-electron chi connectivity index (χ1n) is 11.2. The lowest BCUT2D eigenvalue weighted by molar-refractivity contribution is 0.626. The monoisotopic (exact) mass is 408 g/mol. The van der Waals surface area contributed by atoms with Crippen molar-refractivity contribution in [2.24, 2.45) is 5.92 Å². The normalized spacial score (nSPS) is 9.87. The molecule has 0 aromatic heterocycles. The second-order valence-corrected chi connectivity index (χ2v) is 8.27. The first-order valence-corrected chi connectivity index (χ1v) is 11.2. The van der Waals surface area contributed by atoms with Gasteiger partial charge in [-0.3, -0.25) is 0 Å². The molecule has 0 nitrogen and oxygen atoms in total. The maximum Gasteiger partial charge on any atom is -0.0184 e. The predicted molar refractivity (Wildman–Crippen MR) is 138 cm³/mol. The number of rotatable bonds is 3. The molecule has 0 saturated heterocycles. The Hall–Kier alpha value is -3.12. The highest BCUT2D eigenvalue weighted by molar-refractivity contribution is 5.70. The van der Waals surface area contributed by atoms with E-state index in [9.17, 15) is 0 Å². The fourth-order valence-corrected chi connectivity index (χ4v) is 2.77. The maximum atomic E-state index is 2.22. The molecule has 31 heavy (non-hydrogen) atoms. The largest absolute Gasteiger partial charge is 0.0651 e. The van der Waals surface area contributed by atoms with Crippen LogP contribution in [0, 0.1) is 19.8 Å². The summed E-state index contributed by atoms with van der Waals surface area (Å²) in [5.74, 6) is 0.884. The van der Waals surface area contributed by atoms with Crippen molar-refractivity contribution in [3.8, 4) is 22.3 Å². The Kier molecular flexibility index (Phi) is 10.3. The van der Waals surface area contributed by atoms with Crippen LogP contribution in [0.25, 0.3) is 22.3 Å². The van der Waals surface area contributed by atoms with E-state index in [0.29, 0.717) is 0 Å². The third-order valence-corrected chi connectivity index (χ3v) is 5.13. The molecule has 0 N–H and O–H groups in total. The molecule has 0 fully saturated rings. The standard InChI is InChI=1S/C19H16.C7H8.C5H12/c1-15-7-9-17(10-8-15)19-13-11-18(12-14-19)16-5-3-2-4-6-16;1-7-5-3-2-4-6-7;1-4-5(2)3/h2-14H,1H3;2-6H,1H3;5H,4H2,1-3H3. The van der Waals surface area contributed by atoms with Crippen LogP contribution in [0.2, 0.25) is 0 Å². The van der Waals surface area contributed by atoms with Gasteiger partial charge < -0.3 is 0 Å². The summed E-state index contributed by atoms with van der Waals surface area (Å²) in [4.78, 5) is 0. The third kappa shape index (κ3) is 9.05. The fraction of sp³-hybridized carbons (Fsp3) is 0.226. The molecule has 0 aliphatic rings. The lowest BCUT2D eigenvalue weighted by atomic mass is 10.00. The van der Waals surface area contributed by atoms with Gasteiger partial charge in [0.1, 0.15) is 0 Å². The van der Waals surface area contributed by atoms with Crippen molar-refractivity contribution in [3.05, 3.63) is 120 Å². The Morgan fingerprint density at radius 2 is 0.742 bits per heavy atom. The summed E-state index contributed by atoms with van der Waals surface area (Å²) in [6.45, 7) is 10.8. The van der Waals surface area contributed by atoms with Crippen molar-refractivity contribution in [2.75, 3.05) is 0 Å². The van der Waals surface area contributed by atoms with Crippen molar-refractivity contribution in [3.63, 3.8) is 0 Å². The van der Waals surface area contributed by atoms with Gasteiger partial charge in [-0.1, -0.05) is 148 Å². The molecule has 4 rings (SSSR count). The molecular formula is C31H36. The zero-order valence-electron chi connectivity index (χ0n) is 19.7. The Balaban J connectivity index is 0.000000234. The van der Waals surface area contributed by atoms with E-state index in [2.05, 4.69) is 120 Å². The van der Waals surface area contributed by atoms with Crippen LogP contribution in [-0.4, -0.2) is 0 Å². The minimum absolute atomic E-state index is 0.884. The highest BCUT2D eigenvalue weighted by Crippen LogP contribution is 2.24. The van der Waals surface area contributed by atoms with Crippen molar-refractivity contribution >= 4 is 0 Å². The van der Waals surface area contributed by atoms with Gasteiger partial charge in [-0.15, -0.1) is 0 Å². The molecule has 0 amide bonds. The first-order chi connectivity index (χ1) is 15.0. The smallest absolute Gasteiger partial charge is 0.0184 e. The number of aryl methyl sites for hydroxylation is 2. The molecule has 4 aromatic rings. The van der Waals surface area contributed by atoms with E-state index in [0.717, 1.165) is 5.92 Å². The number of hydrogen-bond donors (Lipinski definition) is 0. The summed E-state index contributed by atoms with van der Waals surface area (Å²) in [6.07, 6.45) is 1.31. The molecular weight excluding hydrogens is 372 g/mol. The Morgan fingerprint density at radius 1 is 0.452 bits per heavy atom. The lowest BCUT2D eigenvalue weighted by Crippen LogP contribution is -1.80. The van der Waals surface area contributed by atoms with Crippen LogP contribution in [0.3, 0.4) is 0 Å². The van der Waals surface area contributed by atoms with E-state index >= 15 is 0 Å². The maximum absolute atomic E-state index is 2.22. The Morgan fingerprint density at radius 3 is 1.06 bits per heavy atom. The van der Waals surface area contributed by atoms with Gasteiger partial charge in [-0.05, 0) is 42.0 Å². The summed E-state index contributed by atoms with van der Waals surface area (Å²) < 4.78 is 0. The van der Waals surface area contributed by atoms with Gasteiger partial charge in [0.05, 0.1) is 0 Å². The van der Waals surface area contributed by atoms with E-state index in [1.165, 1.54) is 39.8 Å². The quantitative estimate of drug-likeness (QED) is 0.317. The summed E-state index contributed by atoms with van der Waals surface area (Å²) in [7, 11) is 0. The molecule has 0 aliphatic heterocycles. The predicted octanol–water partition coefficient (Wildman–Crippen LogP) is 9.38. The van der Waals surface area contributed by atoms with Gasteiger partial charge in [0.25, 0.3) is 0 Å².